The van der Waals surface area contributed by atoms with Crippen LogP contribution in [0.15, 0.2) is 41.7 Å². The molecule has 1 heterocycles. The highest BCUT2D eigenvalue weighted by Gasteiger charge is 2.33. The Hall–Kier alpha value is -1.75. The zero-order valence-electron chi connectivity index (χ0n) is 10.6. The van der Waals surface area contributed by atoms with Crippen LogP contribution in [0.5, 0.6) is 0 Å². The molecule has 100 valence electrons. The summed E-state index contributed by atoms with van der Waals surface area (Å²) in [5, 5.41) is 12.5. The molecule has 2 N–H and O–H groups in total. The van der Waals surface area contributed by atoms with Gasteiger partial charge in [0.1, 0.15) is 11.3 Å². The summed E-state index contributed by atoms with van der Waals surface area (Å²) in [5.41, 5.74) is 1.08. The van der Waals surface area contributed by atoms with Gasteiger partial charge in [-0.25, -0.2) is 0 Å². The van der Waals surface area contributed by atoms with E-state index in [1.54, 1.807) is 11.8 Å². The van der Waals surface area contributed by atoms with Gasteiger partial charge in [0.05, 0.1) is 6.04 Å². The molecule has 19 heavy (non-hydrogen) atoms. The number of carbonyl (C=O) groups is 2. The van der Waals surface area contributed by atoms with Crippen LogP contribution in [0.1, 0.15) is 12.5 Å². The Morgan fingerprint density at radius 2 is 2.05 bits per heavy atom. The van der Waals surface area contributed by atoms with Gasteiger partial charge in [0, 0.05) is 11.5 Å². The van der Waals surface area contributed by atoms with Crippen molar-refractivity contribution >= 4 is 23.5 Å². The normalized spacial score (nSPS) is 18.6. The lowest BCUT2D eigenvalue weighted by Gasteiger charge is -2.10. The zero-order valence-corrected chi connectivity index (χ0v) is 11.4. The predicted molar refractivity (Wildman–Crippen MR) is 74.9 cm³/mol. The molecule has 1 atom stereocenters. The zero-order chi connectivity index (χ0) is 13.8. The minimum atomic E-state index is -0.477. The van der Waals surface area contributed by atoms with E-state index in [1.165, 1.54) is 12.5 Å². The van der Waals surface area contributed by atoms with E-state index in [0.29, 0.717) is 5.75 Å². The number of Topliss-reactive ketones (excluding diaryl/α,β-unsaturated/α-hetero) is 1. The second-order valence-corrected chi connectivity index (χ2v) is 5.37. The van der Waals surface area contributed by atoms with Gasteiger partial charge in [0.25, 0.3) is 5.91 Å². The maximum Gasteiger partial charge on any atom is 0.259 e. The van der Waals surface area contributed by atoms with Crippen LogP contribution in [-0.2, 0) is 15.3 Å². The summed E-state index contributed by atoms with van der Waals surface area (Å²) in [7, 11) is 0. The van der Waals surface area contributed by atoms with E-state index in [-0.39, 0.29) is 11.3 Å². The quantitative estimate of drug-likeness (QED) is 0.806. The van der Waals surface area contributed by atoms with Gasteiger partial charge in [-0.3, -0.25) is 9.59 Å². The lowest BCUT2D eigenvalue weighted by Crippen LogP contribution is -2.31. The first kappa shape index (κ1) is 13.7. The smallest absolute Gasteiger partial charge is 0.259 e. The van der Waals surface area contributed by atoms with Crippen molar-refractivity contribution in [2.24, 2.45) is 0 Å². The molecule has 1 aliphatic heterocycles. The monoisotopic (exact) mass is 277 g/mol. The molecule has 1 amide bonds. The largest absolute Gasteiger partial charge is 0.509 e. The first-order valence-corrected chi connectivity index (χ1v) is 7.11. The number of aliphatic hydroxyl groups is 1. The van der Waals surface area contributed by atoms with Crippen molar-refractivity contribution in [3.8, 4) is 0 Å². The van der Waals surface area contributed by atoms with Crippen molar-refractivity contribution in [2.75, 3.05) is 5.75 Å². The summed E-state index contributed by atoms with van der Waals surface area (Å²) in [6.07, 6.45) is 0. The highest BCUT2D eigenvalue weighted by atomic mass is 32.2. The molecule has 0 saturated heterocycles. The Balaban J connectivity index is 1.91. The molecule has 2 rings (SSSR count). The number of thioether (sulfide) groups is 1. The van der Waals surface area contributed by atoms with Crippen molar-refractivity contribution in [3.05, 3.63) is 47.2 Å². The van der Waals surface area contributed by atoms with Crippen LogP contribution in [0.25, 0.3) is 0 Å². The van der Waals surface area contributed by atoms with Crippen LogP contribution in [0, 0.1) is 0 Å². The number of aliphatic hydroxyl groups excluding tert-OH is 1. The SMILES string of the molecule is CC(=O)C1=C(O)C(CSCc2ccccc2)NC1=O. The highest BCUT2D eigenvalue weighted by molar-refractivity contribution is 7.98. The van der Waals surface area contributed by atoms with Crippen molar-refractivity contribution in [2.45, 2.75) is 18.7 Å². The van der Waals surface area contributed by atoms with Crippen LogP contribution < -0.4 is 5.32 Å². The Labute approximate surface area is 115 Å². The number of hydrogen-bond acceptors (Lipinski definition) is 4. The average Bonchev–Trinajstić information content (AvgIpc) is 2.66. The third-order valence-corrected chi connectivity index (χ3v) is 3.97. The number of benzene rings is 1. The summed E-state index contributed by atoms with van der Waals surface area (Å²) in [6, 6.07) is 9.49. The predicted octanol–water partition coefficient (Wildman–Crippen LogP) is 1.82. The van der Waals surface area contributed by atoms with E-state index < -0.39 is 17.7 Å². The minimum absolute atomic E-state index is 0.106. The van der Waals surface area contributed by atoms with Crippen LogP contribution in [0.4, 0.5) is 0 Å². The average molecular weight is 277 g/mol. The molecular formula is C14H15NO3S. The fraction of sp³-hybridized carbons (Fsp3) is 0.286. The third kappa shape index (κ3) is 3.17. The molecule has 4 nitrogen and oxygen atoms in total. The van der Waals surface area contributed by atoms with Crippen molar-refractivity contribution in [3.63, 3.8) is 0 Å². The molecule has 0 aliphatic carbocycles. The molecule has 1 aromatic rings. The van der Waals surface area contributed by atoms with Gasteiger partial charge in [0.15, 0.2) is 5.78 Å². The molecule has 5 heteroatoms. The molecule has 0 aromatic heterocycles. The minimum Gasteiger partial charge on any atom is -0.509 e. The number of hydrogen-bond donors (Lipinski definition) is 2. The van der Waals surface area contributed by atoms with E-state index in [9.17, 15) is 14.7 Å². The summed E-state index contributed by atoms with van der Waals surface area (Å²) in [4.78, 5) is 22.7. The lowest BCUT2D eigenvalue weighted by molar-refractivity contribution is -0.121. The van der Waals surface area contributed by atoms with Gasteiger partial charge < -0.3 is 10.4 Å². The number of rotatable bonds is 5. The van der Waals surface area contributed by atoms with E-state index in [4.69, 9.17) is 0 Å². The van der Waals surface area contributed by atoms with Crippen LogP contribution >= 0.6 is 11.8 Å². The molecule has 0 fully saturated rings. The van der Waals surface area contributed by atoms with E-state index >= 15 is 0 Å². The molecular weight excluding hydrogens is 262 g/mol. The van der Waals surface area contributed by atoms with E-state index in [2.05, 4.69) is 5.32 Å². The Bertz CT molecular complexity index is 525. The van der Waals surface area contributed by atoms with Gasteiger partial charge in [-0.1, -0.05) is 30.3 Å². The van der Waals surface area contributed by atoms with Crippen molar-refractivity contribution in [1.82, 2.24) is 5.32 Å². The number of nitrogens with one attached hydrogen (secondary N) is 1. The first-order chi connectivity index (χ1) is 9.09. The fourth-order valence-corrected chi connectivity index (χ4v) is 2.94. The topological polar surface area (TPSA) is 66.4 Å². The van der Waals surface area contributed by atoms with Crippen molar-refractivity contribution in [1.29, 1.82) is 0 Å². The Morgan fingerprint density at radius 3 is 2.63 bits per heavy atom. The van der Waals surface area contributed by atoms with E-state index in [0.717, 1.165) is 5.75 Å². The van der Waals surface area contributed by atoms with E-state index in [1.807, 2.05) is 30.3 Å². The summed E-state index contributed by atoms with van der Waals surface area (Å²) in [5.74, 6) is 0.345. The van der Waals surface area contributed by atoms with Gasteiger partial charge in [-0.15, -0.1) is 0 Å². The maximum atomic E-state index is 11.5. The molecule has 0 saturated carbocycles. The fourth-order valence-electron chi connectivity index (χ4n) is 1.92. The van der Waals surface area contributed by atoms with Crippen LogP contribution in [-0.4, -0.2) is 28.6 Å². The molecule has 0 spiro atoms. The van der Waals surface area contributed by atoms with Gasteiger partial charge >= 0.3 is 0 Å². The highest BCUT2D eigenvalue weighted by Crippen LogP contribution is 2.21. The molecule has 0 bridgehead atoms. The number of ketones is 1. The lowest BCUT2D eigenvalue weighted by atomic mass is 10.1. The number of carbonyl (C=O) groups excluding carboxylic acids is 2. The number of amides is 1. The van der Waals surface area contributed by atoms with Gasteiger partial charge in [0.2, 0.25) is 0 Å². The second kappa shape index (κ2) is 5.93. The van der Waals surface area contributed by atoms with Crippen molar-refractivity contribution < 1.29 is 14.7 Å². The molecule has 1 aliphatic rings. The summed E-state index contributed by atoms with van der Waals surface area (Å²) >= 11 is 1.60. The second-order valence-electron chi connectivity index (χ2n) is 4.34. The van der Waals surface area contributed by atoms with Gasteiger partial charge in [-0.05, 0) is 12.5 Å². The van der Waals surface area contributed by atoms with Crippen LogP contribution in [0.3, 0.4) is 0 Å². The summed E-state index contributed by atoms with van der Waals surface area (Å²) in [6.45, 7) is 1.28. The van der Waals surface area contributed by atoms with Gasteiger partial charge in [-0.2, -0.15) is 11.8 Å². The molecule has 1 unspecified atom stereocenters. The van der Waals surface area contributed by atoms with Crippen LogP contribution in [0.2, 0.25) is 0 Å². The Kier molecular flexibility index (Phi) is 4.27. The third-order valence-electron chi connectivity index (χ3n) is 2.87. The standard InChI is InChI=1S/C14H15NO3S/c1-9(16)12-13(17)11(15-14(12)18)8-19-7-10-5-3-2-4-6-10/h2-6,11,17H,7-8H2,1H3,(H,15,18). The molecule has 0 radical (unpaired) electrons. The maximum absolute atomic E-state index is 11.5. The first-order valence-electron chi connectivity index (χ1n) is 5.96. The molecule has 1 aromatic carbocycles. The Morgan fingerprint density at radius 1 is 1.37 bits per heavy atom. The summed E-state index contributed by atoms with van der Waals surface area (Å²) < 4.78 is 0.